The summed E-state index contributed by atoms with van der Waals surface area (Å²) >= 11 is 6.26. The number of nitrogens with zero attached hydrogens (tertiary/aromatic N) is 2. The number of H-pyrrole nitrogens is 1. The van der Waals surface area contributed by atoms with Gasteiger partial charge in [-0.05, 0) is 63.4 Å². The highest BCUT2D eigenvalue weighted by Gasteiger charge is 2.39. The number of nitrogens with one attached hydrogen (secondary N) is 1. The van der Waals surface area contributed by atoms with Gasteiger partial charge in [0.1, 0.15) is 24.2 Å². The fourth-order valence-electron chi connectivity index (χ4n) is 4.54. The molecule has 0 unspecified atom stereocenters. The lowest BCUT2D eigenvalue weighted by molar-refractivity contribution is -0.0210. The summed E-state index contributed by atoms with van der Waals surface area (Å²) in [6.07, 6.45) is 1.52. The first-order valence-corrected chi connectivity index (χ1v) is 12.0. The van der Waals surface area contributed by atoms with Crippen LogP contribution in [0.2, 0.25) is 5.02 Å². The van der Waals surface area contributed by atoms with Crippen LogP contribution in [0.25, 0.3) is 10.9 Å². The minimum atomic E-state index is -0.863. The monoisotopic (exact) mass is 505 g/mol. The number of aromatic nitrogens is 2. The van der Waals surface area contributed by atoms with E-state index in [1.54, 1.807) is 35.4 Å². The molecule has 0 saturated carbocycles. The maximum atomic E-state index is 14.2. The first-order valence-electron chi connectivity index (χ1n) is 11.6. The molecular formula is C26H30ClF2N3O3. The first kappa shape index (κ1) is 25.4. The van der Waals surface area contributed by atoms with Crippen LogP contribution >= 0.6 is 11.6 Å². The maximum Gasteiger partial charge on any atom is 0.410 e. The van der Waals surface area contributed by atoms with Crippen molar-refractivity contribution < 1.29 is 23.0 Å². The molecule has 3 aromatic rings. The Kier molecular flexibility index (Phi) is 7.33. The third-order valence-electron chi connectivity index (χ3n) is 6.42. The van der Waals surface area contributed by atoms with Crippen LogP contribution in [0.1, 0.15) is 50.8 Å². The SMILES string of the molecule is CC(C)(C)OC(=O)N1CCC(CO[C@@H](CF)c2cc(Cl)cc3cn[nH]c23)(c2ccc(F)cc2)CC1. The number of halogens is 3. The van der Waals surface area contributed by atoms with E-state index in [2.05, 4.69) is 10.2 Å². The van der Waals surface area contributed by atoms with Gasteiger partial charge in [-0.15, -0.1) is 0 Å². The molecule has 1 aromatic heterocycles. The van der Waals surface area contributed by atoms with E-state index in [9.17, 15) is 13.6 Å². The van der Waals surface area contributed by atoms with Gasteiger partial charge < -0.3 is 14.4 Å². The van der Waals surface area contributed by atoms with E-state index >= 15 is 0 Å². The molecule has 0 bridgehead atoms. The van der Waals surface area contributed by atoms with Gasteiger partial charge in [-0.2, -0.15) is 5.10 Å². The summed E-state index contributed by atoms with van der Waals surface area (Å²) in [7, 11) is 0. The topological polar surface area (TPSA) is 67.4 Å². The van der Waals surface area contributed by atoms with Crippen molar-refractivity contribution in [1.29, 1.82) is 0 Å². The third-order valence-corrected chi connectivity index (χ3v) is 6.64. The Morgan fingerprint density at radius 3 is 2.54 bits per heavy atom. The van der Waals surface area contributed by atoms with Crippen molar-refractivity contribution in [2.45, 2.75) is 50.7 Å². The molecule has 9 heteroatoms. The smallest absolute Gasteiger partial charge is 0.410 e. The molecule has 4 rings (SSSR count). The Morgan fingerprint density at radius 2 is 1.91 bits per heavy atom. The second-order valence-electron chi connectivity index (χ2n) is 10.0. The van der Waals surface area contributed by atoms with Crippen molar-refractivity contribution in [2.75, 3.05) is 26.4 Å². The number of alkyl halides is 1. The third kappa shape index (κ3) is 5.76. The Hall–Kier alpha value is -2.71. The molecule has 1 amide bonds. The van der Waals surface area contributed by atoms with Crippen LogP contribution in [0.5, 0.6) is 0 Å². The highest BCUT2D eigenvalue weighted by Crippen LogP contribution is 2.39. The predicted octanol–water partition coefficient (Wildman–Crippen LogP) is 6.35. The summed E-state index contributed by atoms with van der Waals surface area (Å²) in [5, 5.41) is 8.18. The van der Waals surface area contributed by atoms with Gasteiger partial charge >= 0.3 is 6.09 Å². The Labute approximate surface area is 208 Å². The second-order valence-corrected chi connectivity index (χ2v) is 10.5. The molecule has 0 spiro atoms. The van der Waals surface area contributed by atoms with Gasteiger partial charge in [-0.25, -0.2) is 13.6 Å². The van der Waals surface area contributed by atoms with E-state index < -0.39 is 23.8 Å². The first-order chi connectivity index (χ1) is 16.6. The summed E-state index contributed by atoms with van der Waals surface area (Å²) < 4.78 is 39.6. The van der Waals surface area contributed by atoms with Crippen LogP contribution in [0.15, 0.2) is 42.6 Å². The van der Waals surface area contributed by atoms with E-state index in [0.29, 0.717) is 42.0 Å². The number of hydrogen-bond donors (Lipinski definition) is 1. The zero-order chi connectivity index (χ0) is 25.2. The highest BCUT2D eigenvalue weighted by atomic mass is 35.5. The van der Waals surface area contributed by atoms with Gasteiger partial charge in [0.05, 0.1) is 18.3 Å². The number of hydrogen-bond acceptors (Lipinski definition) is 4. The maximum absolute atomic E-state index is 14.2. The minimum absolute atomic E-state index is 0.192. The summed E-state index contributed by atoms with van der Waals surface area (Å²) in [5.41, 5.74) is 1.04. The molecule has 6 nitrogen and oxygen atoms in total. The summed E-state index contributed by atoms with van der Waals surface area (Å²) in [5.74, 6) is -0.335. The van der Waals surface area contributed by atoms with E-state index in [1.807, 2.05) is 20.8 Å². The Morgan fingerprint density at radius 1 is 1.23 bits per heavy atom. The van der Waals surface area contributed by atoms with Gasteiger partial charge in [-0.1, -0.05) is 23.7 Å². The summed E-state index contributed by atoms with van der Waals surface area (Å²) in [6, 6.07) is 9.73. The van der Waals surface area contributed by atoms with E-state index in [4.69, 9.17) is 21.1 Å². The molecule has 1 aliphatic heterocycles. The van der Waals surface area contributed by atoms with E-state index in [0.717, 1.165) is 10.9 Å². The number of fused-ring (bicyclic) bond motifs is 1. The van der Waals surface area contributed by atoms with Gasteiger partial charge in [0.25, 0.3) is 0 Å². The standard InChI is InChI=1S/C26H30ClF2N3O3/c1-25(2,3)35-24(33)32-10-8-26(9-11-32,18-4-6-20(29)7-5-18)16-34-22(14-28)21-13-19(27)12-17-15-30-31-23(17)21/h4-7,12-13,15,22H,8-11,14,16H2,1-3H3,(H,30,31)/t22-/m0/s1. The second kappa shape index (κ2) is 10.1. The molecule has 1 fully saturated rings. The van der Waals surface area contributed by atoms with Crippen molar-refractivity contribution in [1.82, 2.24) is 15.1 Å². The van der Waals surface area contributed by atoms with E-state index in [-0.39, 0.29) is 18.5 Å². The van der Waals surface area contributed by atoms with Gasteiger partial charge in [-0.3, -0.25) is 5.10 Å². The predicted molar refractivity (Wildman–Crippen MR) is 131 cm³/mol. The summed E-state index contributed by atoms with van der Waals surface area (Å²) in [4.78, 5) is 14.3. The quantitative estimate of drug-likeness (QED) is 0.424. The molecule has 2 aromatic carbocycles. The Balaban J connectivity index is 1.56. The average Bonchev–Trinajstić information content (AvgIpc) is 3.27. The largest absolute Gasteiger partial charge is 0.444 e. The highest BCUT2D eigenvalue weighted by molar-refractivity contribution is 6.31. The molecule has 188 valence electrons. The molecule has 1 N–H and O–H groups in total. The average molecular weight is 506 g/mol. The number of benzene rings is 2. The van der Waals surface area contributed by atoms with Gasteiger partial charge in [0, 0.05) is 34.5 Å². The number of rotatable bonds is 6. The molecular weight excluding hydrogens is 476 g/mol. The molecule has 2 heterocycles. The van der Waals surface area contributed by atoms with Crippen LogP contribution in [0, 0.1) is 5.82 Å². The molecule has 35 heavy (non-hydrogen) atoms. The number of piperidine rings is 1. The van der Waals surface area contributed by atoms with Crippen LogP contribution in [-0.4, -0.2) is 53.2 Å². The lowest BCUT2D eigenvalue weighted by atomic mass is 9.73. The van der Waals surface area contributed by atoms with Crippen LogP contribution in [0.3, 0.4) is 0 Å². The van der Waals surface area contributed by atoms with Gasteiger partial charge in [0.15, 0.2) is 0 Å². The minimum Gasteiger partial charge on any atom is -0.444 e. The fourth-order valence-corrected chi connectivity index (χ4v) is 4.78. The number of ether oxygens (including phenoxy) is 2. The molecule has 1 saturated heterocycles. The van der Waals surface area contributed by atoms with Crippen molar-refractivity contribution in [2.24, 2.45) is 0 Å². The number of likely N-dealkylation sites (tertiary alicyclic amines) is 1. The van der Waals surface area contributed by atoms with Crippen LogP contribution in [0.4, 0.5) is 13.6 Å². The number of amides is 1. The molecule has 0 radical (unpaired) electrons. The fraction of sp³-hybridized carbons (Fsp3) is 0.462. The van der Waals surface area contributed by atoms with Crippen molar-refractivity contribution in [3.8, 4) is 0 Å². The zero-order valence-corrected chi connectivity index (χ0v) is 20.9. The van der Waals surface area contributed by atoms with Gasteiger partial charge in [0.2, 0.25) is 0 Å². The molecule has 0 aliphatic carbocycles. The summed E-state index contributed by atoms with van der Waals surface area (Å²) in [6.45, 7) is 5.81. The van der Waals surface area contributed by atoms with E-state index in [1.165, 1.54) is 12.1 Å². The number of carbonyl (C=O) groups is 1. The van der Waals surface area contributed by atoms with Crippen molar-refractivity contribution >= 4 is 28.6 Å². The lowest BCUT2D eigenvalue weighted by Gasteiger charge is -2.42. The lowest BCUT2D eigenvalue weighted by Crippen LogP contribution is -2.48. The van der Waals surface area contributed by atoms with Crippen molar-refractivity contribution in [3.63, 3.8) is 0 Å². The van der Waals surface area contributed by atoms with Crippen molar-refractivity contribution in [3.05, 3.63) is 64.6 Å². The number of aromatic amines is 1. The van der Waals surface area contributed by atoms with Crippen LogP contribution < -0.4 is 0 Å². The Bertz CT molecular complexity index is 1170. The number of carbonyl (C=O) groups excluding carboxylic acids is 1. The molecule has 1 aliphatic rings. The molecule has 1 atom stereocenters. The normalized spacial score (nSPS) is 16.9. The van der Waals surface area contributed by atoms with Crippen LogP contribution in [-0.2, 0) is 14.9 Å². The zero-order valence-electron chi connectivity index (χ0n) is 20.1.